The maximum atomic E-state index is 11.8. The molecule has 4 heteroatoms. The lowest BCUT2D eigenvalue weighted by Gasteiger charge is -2.06. The molecule has 0 aromatic heterocycles. The van der Waals surface area contributed by atoms with Gasteiger partial charge in [0, 0.05) is 22.5 Å². The van der Waals surface area contributed by atoms with Gasteiger partial charge in [-0.25, -0.2) is 0 Å². The molecule has 2 nitrogen and oxygen atoms in total. The van der Waals surface area contributed by atoms with Gasteiger partial charge in [0.25, 0.3) is 0 Å². The highest BCUT2D eigenvalue weighted by Gasteiger charge is 2.03. The number of carbonyl (C=O) groups is 1. The summed E-state index contributed by atoms with van der Waals surface area (Å²) < 4.78 is 1.04. The van der Waals surface area contributed by atoms with Crippen LogP contribution in [0.3, 0.4) is 0 Å². The molecule has 0 aliphatic carbocycles. The maximum Gasteiger partial charge on any atom is 0.220 e. The number of benzene rings is 2. The van der Waals surface area contributed by atoms with E-state index in [0.29, 0.717) is 18.0 Å². The molecule has 0 bridgehead atoms. The normalized spacial score (nSPS) is 10.3. The Balaban J connectivity index is 1.77. The third-order valence-electron chi connectivity index (χ3n) is 2.93. The molecule has 104 valence electrons. The lowest BCUT2D eigenvalue weighted by molar-refractivity contribution is -0.121. The molecule has 0 aliphatic heterocycles. The van der Waals surface area contributed by atoms with Gasteiger partial charge in [0.05, 0.1) is 0 Å². The summed E-state index contributed by atoms with van der Waals surface area (Å²) in [5, 5.41) is 3.61. The first-order valence-electron chi connectivity index (χ1n) is 6.39. The smallest absolute Gasteiger partial charge is 0.220 e. The van der Waals surface area contributed by atoms with Gasteiger partial charge in [0.15, 0.2) is 0 Å². The van der Waals surface area contributed by atoms with Crippen LogP contribution in [-0.2, 0) is 17.8 Å². The Kier molecular flexibility index (Phi) is 5.62. The lowest BCUT2D eigenvalue weighted by atomic mass is 10.1. The van der Waals surface area contributed by atoms with Crippen molar-refractivity contribution in [1.82, 2.24) is 5.32 Å². The second kappa shape index (κ2) is 7.46. The molecule has 0 fully saturated rings. The summed E-state index contributed by atoms with van der Waals surface area (Å²) >= 11 is 9.24. The predicted molar refractivity (Wildman–Crippen MR) is 85.8 cm³/mol. The van der Waals surface area contributed by atoms with E-state index in [4.69, 9.17) is 11.6 Å². The molecule has 1 N–H and O–H groups in total. The average Bonchev–Trinajstić information content (AvgIpc) is 2.45. The topological polar surface area (TPSA) is 29.1 Å². The zero-order valence-corrected chi connectivity index (χ0v) is 13.2. The van der Waals surface area contributed by atoms with E-state index in [1.165, 1.54) is 0 Å². The van der Waals surface area contributed by atoms with Crippen molar-refractivity contribution >= 4 is 33.4 Å². The van der Waals surface area contributed by atoms with Crippen molar-refractivity contribution in [3.05, 3.63) is 69.2 Å². The number of carbonyl (C=O) groups excluding carboxylic acids is 1. The Morgan fingerprint density at radius 1 is 1.10 bits per heavy atom. The van der Waals surface area contributed by atoms with Gasteiger partial charge in [-0.1, -0.05) is 51.8 Å². The fraction of sp³-hybridized carbons (Fsp3) is 0.188. The molecular weight excluding hydrogens is 338 g/mol. The molecule has 0 saturated carbocycles. The molecular formula is C16H15BrClNO. The van der Waals surface area contributed by atoms with Crippen LogP contribution >= 0.6 is 27.5 Å². The van der Waals surface area contributed by atoms with E-state index in [2.05, 4.69) is 21.2 Å². The number of nitrogens with one attached hydrogen (secondary N) is 1. The summed E-state index contributed by atoms with van der Waals surface area (Å²) in [5.74, 6) is 0.0555. The first-order valence-corrected chi connectivity index (χ1v) is 7.56. The van der Waals surface area contributed by atoms with E-state index in [1.54, 1.807) is 0 Å². The number of aryl methyl sites for hydroxylation is 1. The Morgan fingerprint density at radius 2 is 1.85 bits per heavy atom. The van der Waals surface area contributed by atoms with Gasteiger partial charge in [-0.2, -0.15) is 0 Å². The molecule has 2 aromatic rings. The van der Waals surface area contributed by atoms with Crippen molar-refractivity contribution in [1.29, 1.82) is 0 Å². The van der Waals surface area contributed by atoms with Gasteiger partial charge in [-0.05, 0) is 41.8 Å². The van der Waals surface area contributed by atoms with Crippen molar-refractivity contribution in [3.8, 4) is 0 Å². The molecule has 1 amide bonds. The molecule has 0 radical (unpaired) electrons. The quantitative estimate of drug-likeness (QED) is 0.851. The summed E-state index contributed by atoms with van der Waals surface area (Å²) in [6.07, 6.45) is 1.23. The van der Waals surface area contributed by atoms with Crippen LogP contribution < -0.4 is 5.32 Å². The van der Waals surface area contributed by atoms with Crippen molar-refractivity contribution in [2.75, 3.05) is 0 Å². The first-order chi connectivity index (χ1) is 9.63. The average molecular weight is 353 g/mol. The van der Waals surface area contributed by atoms with Gasteiger partial charge >= 0.3 is 0 Å². The van der Waals surface area contributed by atoms with Crippen LogP contribution in [-0.4, -0.2) is 5.91 Å². The molecule has 0 atom stereocenters. The molecule has 0 heterocycles. The summed E-state index contributed by atoms with van der Waals surface area (Å²) in [5.41, 5.74) is 2.20. The Hall–Kier alpha value is -1.32. The molecule has 2 rings (SSSR count). The van der Waals surface area contributed by atoms with E-state index < -0.39 is 0 Å². The van der Waals surface area contributed by atoms with Gasteiger partial charge in [0.1, 0.15) is 0 Å². The molecule has 0 unspecified atom stereocenters. The van der Waals surface area contributed by atoms with Crippen LogP contribution in [0.2, 0.25) is 5.02 Å². The first kappa shape index (κ1) is 15.1. The molecule has 2 aromatic carbocycles. The van der Waals surface area contributed by atoms with E-state index >= 15 is 0 Å². The summed E-state index contributed by atoms with van der Waals surface area (Å²) in [6, 6.07) is 15.5. The fourth-order valence-electron chi connectivity index (χ4n) is 1.84. The SMILES string of the molecule is O=C(CCc1cccc(Br)c1)NCc1ccc(Cl)cc1. The molecule has 20 heavy (non-hydrogen) atoms. The highest BCUT2D eigenvalue weighted by molar-refractivity contribution is 9.10. The largest absolute Gasteiger partial charge is 0.352 e. The minimum atomic E-state index is 0.0555. The number of halogens is 2. The molecule has 0 aliphatic rings. The van der Waals surface area contributed by atoms with Crippen molar-refractivity contribution < 1.29 is 4.79 Å². The molecule has 0 saturated heterocycles. The number of amides is 1. The van der Waals surface area contributed by atoms with Crippen molar-refractivity contribution in [3.63, 3.8) is 0 Å². The predicted octanol–water partition coefficient (Wildman–Crippen LogP) is 4.35. The standard InChI is InChI=1S/C16H15BrClNO/c17-14-3-1-2-12(10-14)6-9-16(20)19-11-13-4-7-15(18)8-5-13/h1-5,7-8,10H,6,9,11H2,(H,19,20). The second-order valence-electron chi connectivity index (χ2n) is 4.53. The third kappa shape index (κ3) is 4.99. The van der Waals surface area contributed by atoms with E-state index in [-0.39, 0.29) is 5.91 Å². The zero-order valence-electron chi connectivity index (χ0n) is 10.9. The number of hydrogen-bond donors (Lipinski definition) is 1. The van der Waals surface area contributed by atoms with Crippen LogP contribution in [0.15, 0.2) is 53.0 Å². The number of hydrogen-bond acceptors (Lipinski definition) is 1. The van der Waals surface area contributed by atoms with E-state index in [0.717, 1.165) is 22.0 Å². The maximum absolute atomic E-state index is 11.8. The molecule has 0 spiro atoms. The van der Waals surface area contributed by atoms with Crippen LogP contribution in [0.25, 0.3) is 0 Å². The van der Waals surface area contributed by atoms with Gasteiger partial charge in [-0.3, -0.25) is 4.79 Å². The van der Waals surface area contributed by atoms with Gasteiger partial charge in [0.2, 0.25) is 5.91 Å². The Labute approximate surface area is 132 Å². The third-order valence-corrected chi connectivity index (χ3v) is 3.68. The summed E-state index contributed by atoms with van der Waals surface area (Å²) in [7, 11) is 0. The number of rotatable bonds is 5. The van der Waals surface area contributed by atoms with Crippen LogP contribution in [0.5, 0.6) is 0 Å². The zero-order chi connectivity index (χ0) is 14.4. The monoisotopic (exact) mass is 351 g/mol. The van der Waals surface area contributed by atoms with Crippen LogP contribution in [0.4, 0.5) is 0 Å². The minimum absolute atomic E-state index is 0.0555. The van der Waals surface area contributed by atoms with E-state index in [1.807, 2.05) is 48.5 Å². The van der Waals surface area contributed by atoms with Gasteiger partial charge in [-0.15, -0.1) is 0 Å². The van der Waals surface area contributed by atoms with Crippen molar-refractivity contribution in [2.45, 2.75) is 19.4 Å². The van der Waals surface area contributed by atoms with Crippen LogP contribution in [0.1, 0.15) is 17.5 Å². The van der Waals surface area contributed by atoms with E-state index in [9.17, 15) is 4.79 Å². The lowest BCUT2D eigenvalue weighted by Crippen LogP contribution is -2.22. The van der Waals surface area contributed by atoms with Gasteiger partial charge < -0.3 is 5.32 Å². The van der Waals surface area contributed by atoms with Crippen LogP contribution in [0, 0.1) is 0 Å². The Bertz CT molecular complexity index is 583. The second-order valence-corrected chi connectivity index (χ2v) is 5.89. The Morgan fingerprint density at radius 3 is 2.55 bits per heavy atom. The highest BCUT2D eigenvalue weighted by Crippen LogP contribution is 2.13. The fourth-order valence-corrected chi connectivity index (χ4v) is 2.41. The minimum Gasteiger partial charge on any atom is -0.352 e. The van der Waals surface area contributed by atoms with Crippen molar-refractivity contribution in [2.24, 2.45) is 0 Å². The summed E-state index contributed by atoms with van der Waals surface area (Å²) in [4.78, 5) is 11.8. The summed E-state index contributed by atoms with van der Waals surface area (Å²) in [6.45, 7) is 0.536. The highest BCUT2D eigenvalue weighted by atomic mass is 79.9.